The van der Waals surface area contributed by atoms with E-state index in [9.17, 15) is 9.13 Å². The molecule has 0 unspecified atom stereocenters. The van der Waals surface area contributed by atoms with Gasteiger partial charge >= 0.3 is 15.2 Å². The molecule has 37 heavy (non-hydrogen) atoms. The molecule has 0 spiro atoms. The van der Waals surface area contributed by atoms with Gasteiger partial charge in [0.05, 0.1) is 24.4 Å². The van der Waals surface area contributed by atoms with E-state index in [4.69, 9.17) is 23.1 Å². The fourth-order valence-electron chi connectivity index (χ4n) is 3.73. The van der Waals surface area contributed by atoms with E-state index in [1.165, 1.54) is 0 Å². The molecule has 0 aromatic carbocycles. The molecule has 1 rings (SSSR count). The summed E-state index contributed by atoms with van der Waals surface area (Å²) in [4.78, 5) is 5.01. The molecule has 9 heteroatoms. The Bertz CT molecular complexity index is 900. The molecule has 1 aromatic heterocycles. The number of hydrogen-bond acceptors (Lipinski definition) is 7. The van der Waals surface area contributed by atoms with Crippen molar-refractivity contribution in [1.29, 1.82) is 0 Å². The summed E-state index contributed by atoms with van der Waals surface area (Å²) in [6.45, 7) is 27.1. The average Bonchev–Trinajstić information content (AvgIpc) is 2.68. The predicted molar refractivity (Wildman–Crippen MR) is 154 cm³/mol. The van der Waals surface area contributed by atoms with Crippen LogP contribution in [0.4, 0.5) is 0 Å². The molecule has 216 valence electrons. The minimum atomic E-state index is -3.99. The lowest BCUT2D eigenvalue weighted by molar-refractivity contribution is 0.122. The maximum atomic E-state index is 14.6. The number of aromatic nitrogens is 1. The van der Waals surface area contributed by atoms with Gasteiger partial charge in [0, 0.05) is 22.2 Å². The molecule has 1 heterocycles. The third-order valence-electron chi connectivity index (χ3n) is 5.81. The zero-order chi connectivity index (χ0) is 29.0. The van der Waals surface area contributed by atoms with Crippen LogP contribution in [-0.4, -0.2) is 34.8 Å². The van der Waals surface area contributed by atoms with Crippen molar-refractivity contribution in [2.24, 2.45) is 0 Å². The third-order valence-corrected chi connectivity index (χ3v) is 12.2. The van der Waals surface area contributed by atoms with Crippen LogP contribution in [0.5, 0.6) is 0 Å². The van der Waals surface area contributed by atoms with Crippen LogP contribution in [0.2, 0.25) is 0 Å². The molecule has 0 saturated carbocycles. The van der Waals surface area contributed by atoms with Gasteiger partial charge in [-0.25, -0.2) is 0 Å². The second-order valence-electron chi connectivity index (χ2n) is 12.6. The Hall–Kier alpha value is -0.550. The Balaban J connectivity index is 3.95. The Labute approximate surface area is 226 Å². The first-order chi connectivity index (χ1) is 16.6. The van der Waals surface area contributed by atoms with Crippen molar-refractivity contribution in [1.82, 2.24) is 4.98 Å². The van der Waals surface area contributed by atoms with Crippen molar-refractivity contribution in [2.45, 2.75) is 150 Å². The van der Waals surface area contributed by atoms with E-state index in [0.717, 1.165) is 23.4 Å². The molecular formula is C28H53NO6P2. The molecule has 0 amide bonds. The molecule has 0 radical (unpaired) electrons. The molecule has 0 saturated heterocycles. The maximum absolute atomic E-state index is 14.6. The van der Waals surface area contributed by atoms with Crippen LogP contribution in [0.15, 0.2) is 12.1 Å². The van der Waals surface area contributed by atoms with Crippen LogP contribution in [0.1, 0.15) is 120 Å². The molecule has 1 aromatic rings. The number of rotatable bonds is 14. The van der Waals surface area contributed by atoms with Crippen molar-refractivity contribution in [2.75, 3.05) is 0 Å². The van der Waals surface area contributed by atoms with Gasteiger partial charge in [-0.2, -0.15) is 0 Å². The Morgan fingerprint density at radius 1 is 0.703 bits per heavy atom. The SMILES string of the molecule is CCC(C)(C)c1cc(CC(P(=O)(OC(C)C)OC(C)C)P(=O)(OC(C)C)OC(C)C)cc(C(C)(C)C)n1. The van der Waals surface area contributed by atoms with E-state index in [0.29, 0.717) is 0 Å². The van der Waals surface area contributed by atoms with E-state index in [2.05, 4.69) is 41.5 Å². The highest BCUT2D eigenvalue weighted by Crippen LogP contribution is 2.72. The van der Waals surface area contributed by atoms with Crippen LogP contribution in [0, 0.1) is 0 Å². The highest BCUT2D eigenvalue weighted by molar-refractivity contribution is 7.72. The molecule has 0 fully saturated rings. The molecule has 0 N–H and O–H groups in total. The number of nitrogens with zero attached hydrogens (tertiary/aromatic N) is 1. The molecule has 0 aliphatic rings. The van der Waals surface area contributed by atoms with Gasteiger partial charge in [-0.3, -0.25) is 14.1 Å². The Morgan fingerprint density at radius 2 is 1.05 bits per heavy atom. The minimum absolute atomic E-state index is 0.131. The molecule has 0 atom stereocenters. The van der Waals surface area contributed by atoms with Crippen molar-refractivity contribution < 1.29 is 27.2 Å². The monoisotopic (exact) mass is 561 g/mol. The van der Waals surface area contributed by atoms with Crippen LogP contribution < -0.4 is 0 Å². The summed E-state index contributed by atoms with van der Waals surface area (Å²) in [7, 11) is -7.99. The van der Waals surface area contributed by atoms with Crippen molar-refractivity contribution in [3.05, 3.63) is 29.1 Å². The smallest absolute Gasteiger partial charge is 0.305 e. The first-order valence-corrected chi connectivity index (χ1v) is 16.8. The van der Waals surface area contributed by atoms with Crippen LogP contribution >= 0.6 is 15.2 Å². The van der Waals surface area contributed by atoms with Crippen LogP contribution in [0.25, 0.3) is 0 Å². The van der Waals surface area contributed by atoms with Crippen LogP contribution in [-0.2, 0) is 44.5 Å². The average molecular weight is 562 g/mol. The minimum Gasteiger partial charge on any atom is -0.305 e. The Morgan fingerprint density at radius 3 is 1.35 bits per heavy atom. The first kappa shape index (κ1) is 34.5. The zero-order valence-electron chi connectivity index (χ0n) is 25.7. The van der Waals surface area contributed by atoms with Crippen molar-refractivity contribution in [3.63, 3.8) is 0 Å². The van der Waals surface area contributed by atoms with Gasteiger partial charge in [-0.15, -0.1) is 0 Å². The summed E-state index contributed by atoms with van der Waals surface area (Å²) in [6.07, 6.45) is -0.655. The largest absolute Gasteiger partial charge is 0.346 e. The van der Waals surface area contributed by atoms with E-state index in [1.807, 2.05) is 12.1 Å². The van der Waals surface area contributed by atoms with Gasteiger partial charge in [0.2, 0.25) is 0 Å². The van der Waals surface area contributed by atoms with Gasteiger partial charge in [0.25, 0.3) is 0 Å². The van der Waals surface area contributed by atoms with Gasteiger partial charge in [0.15, 0.2) is 5.40 Å². The fraction of sp³-hybridized carbons (Fsp3) is 0.821. The highest BCUT2D eigenvalue weighted by Gasteiger charge is 2.53. The van der Waals surface area contributed by atoms with E-state index < -0.39 is 45.0 Å². The molecule has 7 nitrogen and oxygen atoms in total. The summed E-state index contributed by atoms with van der Waals surface area (Å²) in [5.74, 6) is 0. The van der Waals surface area contributed by atoms with Crippen LogP contribution in [0.3, 0.4) is 0 Å². The molecular weight excluding hydrogens is 508 g/mol. The van der Waals surface area contributed by atoms with E-state index >= 15 is 0 Å². The maximum Gasteiger partial charge on any atom is 0.346 e. The third kappa shape index (κ3) is 10.2. The standard InChI is InChI=1S/C28H53NO6P2/c1-15-28(13,14)25-17-23(16-24(29-25)27(10,11)12)18-26(36(30,32-19(2)3)33-20(4)5)37(31,34-21(6)7)35-22(8)9/h16-17,19-22,26H,15,18H2,1-14H3. The van der Waals surface area contributed by atoms with E-state index in [-0.39, 0.29) is 17.3 Å². The van der Waals surface area contributed by atoms with Gasteiger partial charge in [-0.05, 0) is 85.9 Å². The lowest BCUT2D eigenvalue weighted by atomic mass is 9.83. The molecule has 0 bridgehead atoms. The molecule has 0 aliphatic carbocycles. The lowest BCUT2D eigenvalue weighted by Gasteiger charge is -2.35. The normalized spacial score (nSPS) is 14.1. The fourth-order valence-corrected chi connectivity index (χ4v) is 9.65. The summed E-state index contributed by atoms with van der Waals surface area (Å²) >= 11 is 0. The molecule has 0 aliphatic heterocycles. The Kier molecular flexibility index (Phi) is 12.3. The summed E-state index contributed by atoms with van der Waals surface area (Å²) in [6, 6.07) is 4.03. The second kappa shape index (κ2) is 13.2. The predicted octanol–water partition coefficient (Wildman–Crippen LogP) is 9.02. The number of hydrogen-bond donors (Lipinski definition) is 0. The topological polar surface area (TPSA) is 84.0 Å². The summed E-state index contributed by atoms with van der Waals surface area (Å²) in [5.41, 5.74) is 2.30. The van der Waals surface area contributed by atoms with E-state index in [1.54, 1.807) is 55.4 Å². The first-order valence-electron chi connectivity index (χ1n) is 13.6. The lowest BCUT2D eigenvalue weighted by Crippen LogP contribution is -2.26. The summed E-state index contributed by atoms with van der Waals surface area (Å²) in [5, 5.41) is -1.15. The van der Waals surface area contributed by atoms with Crippen molar-refractivity contribution in [3.8, 4) is 0 Å². The number of pyridine rings is 1. The van der Waals surface area contributed by atoms with Crippen molar-refractivity contribution >= 4 is 15.2 Å². The second-order valence-corrected chi connectivity index (χ2v) is 17.3. The van der Waals surface area contributed by atoms with Gasteiger partial charge < -0.3 is 18.1 Å². The quantitative estimate of drug-likeness (QED) is 0.210. The van der Waals surface area contributed by atoms with Gasteiger partial charge in [0.1, 0.15) is 0 Å². The highest BCUT2D eigenvalue weighted by atomic mass is 31.2. The summed E-state index contributed by atoms with van der Waals surface area (Å²) < 4.78 is 53.1. The zero-order valence-corrected chi connectivity index (χ0v) is 27.5. The van der Waals surface area contributed by atoms with Gasteiger partial charge in [-0.1, -0.05) is 41.5 Å².